The normalized spacial score (nSPS) is 16.1. The molecule has 3 heterocycles. The van der Waals surface area contributed by atoms with E-state index in [-0.39, 0.29) is 17.8 Å². The maximum atomic E-state index is 13.1. The van der Waals surface area contributed by atoms with Crippen molar-refractivity contribution in [2.45, 2.75) is 25.8 Å². The number of carbonyl (C=O) groups excluding carboxylic acids is 1. The van der Waals surface area contributed by atoms with Crippen molar-refractivity contribution in [3.63, 3.8) is 0 Å². The standard InChI is InChI=1S/C19H17FN4O2/c20-15-5-3-14(4-6-15)18-11-24-16(12-26-18)8-17(23-24)19(25)22-10-13-2-1-7-21-9-13/h1-9,18H,10-12H2,(H,22,25)/t18-/m0/s1. The summed E-state index contributed by atoms with van der Waals surface area (Å²) in [6.07, 6.45) is 3.18. The molecule has 0 spiro atoms. The van der Waals surface area contributed by atoms with Gasteiger partial charge in [0.2, 0.25) is 0 Å². The molecule has 1 N–H and O–H groups in total. The van der Waals surface area contributed by atoms with Gasteiger partial charge in [-0.2, -0.15) is 5.10 Å². The van der Waals surface area contributed by atoms with Crippen LogP contribution >= 0.6 is 0 Å². The van der Waals surface area contributed by atoms with Gasteiger partial charge in [-0.1, -0.05) is 18.2 Å². The molecule has 3 aromatic rings. The van der Waals surface area contributed by atoms with E-state index in [9.17, 15) is 9.18 Å². The molecular weight excluding hydrogens is 335 g/mol. The van der Waals surface area contributed by atoms with Crippen LogP contribution < -0.4 is 5.32 Å². The predicted molar refractivity (Wildman–Crippen MR) is 91.6 cm³/mol. The molecule has 0 fully saturated rings. The average Bonchev–Trinajstić information content (AvgIpc) is 3.11. The van der Waals surface area contributed by atoms with Crippen LogP contribution in [0, 0.1) is 5.82 Å². The number of nitrogens with one attached hydrogen (secondary N) is 1. The molecule has 132 valence electrons. The fraction of sp³-hybridized carbons (Fsp3) is 0.211. The number of hydrogen-bond acceptors (Lipinski definition) is 4. The van der Waals surface area contributed by atoms with Crippen LogP contribution in [-0.4, -0.2) is 20.7 Å². The first-order valence-electron chi connectivity index (χ1n) is 8.30. The highest BCUT2D eigenvalue weighted by atomic mass is 19.1. The SMILES string of the molecule is O=C(NCc1cccnc1)c1cc2n(n1)C[C@@H](c1ccc(F)cc1)OC2. The third-order valence-corrected chi connectivity index (χ3v) is 4.28. The molecule has 6 nitrogen and oxygen atoms in total. The van der Waals surface area contributed by atoms with Gasteiger partial charge in [0.15, 0.2) is 5.69 Å². The Bertz CT molecular complexity index is 909. The fourth-order valence-electron chi connectivity index (χ4n) is 2.89. The summed E-state index contributed by atoms with van der Waals surface area (Å²) >= 11 is 0. The number of carbonyl (C=O) groups is 1. The van der Waals surface area contributed by atoms with Gasteiger partial charge in [0.1, 0.15) is 11.9 Å². The lowest BCUT2D eigenvalue weighted by molar-refractivity contribution is -0.00123. The molecule has 1 aromatic carbocycles. The van der Waals surface area contributed by atoms with E-state index in [4.69, 9.17) is 4.74 Å². The molecule has 7 heteroatoms. The Balaban J connectivity index is 1.43. The Morgan fingerprint density at radius 1 is 1.31 bits per heavy atom. The molecule has 0 bridgehead atoms. The summed E-state index contributed by atoms with van der Waals surface area (Å²) in [5, 5.41) is 7.23. The first-order valence-corrected chi connectivity index (χ1v) is 8.30. The summed E-state index contributed by atoms with van der Waals surface area (Å²) in [7, 11) is 0. The third kappa shape index (κ3) is 3.48. The molecule has 26 heavy (non-hydrogen) atoms. The zero-order valence-corrected chi connectivity index (χ0v) is 13.9. The number of fused-ring (bicyclic) bond motifs is 1. The van der Waals surface area contributed by atoms with Crippen LogP contribution in [-0.2, 0) is 24.4 Å². The van der Waals surface area contributed by atoms with Crippen LogP contribution in [0.25, 0.3) is 0 Å². The maximum Gasteiger partial charge on any atom is 0.272 e. The highest BCUT2D eigenvalue weighted by Gasteiger charge is 2.24. The lowest BCUT2D eigenvalue weighted by Crippen LogP contribution is -2.24. The topological polar surface area (TPSA) is 69.0 Å². The second kappa shape index (κ2) is 7.05. The minimum atomic E-state index is -0.281. The lowest BCUT2D eigenvalue weighted by Gasteiger charge is -2.24. The minimum absolute atomic E-state index is 0.214. The predicted octanol–water partition coefficient (Wildman–Crippen LogP) is 2.62. The molecule has 1 amide bonds. The second-order valence-corrected chi connectivity index (χ2v) is 6.10. The smallest absolute Gasteiger partial charge is 0.272 e. The van der Waals surface area contributed by atoms with E-state index < -0.39 is 0 Å². The molecule has 0 unspecified atom stereocenters. The highest BCUT2D eigenvalue weighted by Crippen LogP contribution is 2.26. The zero-order valence-electron chi connectivity index (χ0n) is 13.9. The van der Waals surface area contributed by atoms with Crippen LogP contribution in [0.15, 0.2) is 54.9 Å². The Morgan fingerprint density at radius 3 is 2.92 bits per heavy atom. The Morgan fingerprint density at radius 2 is 2.15 bits per heavy atom. The van der Waals surface area contributed by atoms with Crippen molar-refractivity contribution >= 4 is 5.91 Å². The molecule has 4 rings (SSSR count). The summed E-state index contributed by atoms with van der Waals surface area (Å²) in [5.41, 5.74) is 3.00. The molecule has 0 aliphatic carbocycles. The van der Waals surface area contributed by atoms with Crippen molar-refractivity contribution in [2.75, 3.05) is 0 Å². The largest absolute Gasteiger partial charge is 0.365 e. The van der Waals surface area contributed by atoms with Crippen molar-refractivity contribution in [3.8, 4) is 0 Å². The quantitative estimate of drug-likeness (QED) is 0.784. The van der Waals surface area contributed by atoms with Crippen LogP contribution in [0.3, 0.4) is 0 Å². The number of rotatable bonds is 4. The van der Waals surface area contributed by atoms with Gasteiger partial charge in [0.05, 0.1) is 18.8 Å². The first-order chi connectivity index (χ1) is 12.7. The summed E-state index contributed by atoms with van der Waals surface area (Å²) in [6, 6.07) is 11.7. The summed E-state index contributed by atoms with van der Waals surface area (Å²) in [6.45, 7) is 1.23. The molecule has 1 aliphatic rings. The molecule has 2 aromatic heterocycles. The highest BCUT2D eigenvalue weighted by molar-refractivity contribution is 5.92. The van der Waals surface area contributed by atoms with E-state index >= 15 is 0 Å². The van der Waals surface area contributed by atoms with Gasteiger partial charge in [-0.15, -0.1) is 0 Å². The van der Waals surface area contributed by atoms with Gasteiger partial charge in [0, 0.05) is 18.9 Å². The Hall–Kier alpha value is -3.06. The Labute approximate surface area is 149 Å². The van der Waals surface area contributed by atoms with Gasteiger partial charge < -0.3 is 10.1 Å². The van der Waals surface area contributed by atoms with Crippen LogP contribution in [0.1, 0.15) is 33.4 Å². The van der Waals surface area contributed by atoms with Crippen molar-refractivity contribution in [3.05, 3.63) is 83.2 Å². The first kappa shape index (κ1) is 16.4. The van der Waals surface area contributed by atoms with Crippen LogP contribution in [0.2, 0.25) is 0 Å². The van der Waals surface area contributed by atoms with Crippen molar-refractivity contribution in [1.29, 1.82) is 0 Å². The number of benzene rings is 1. The van der Waals surface area contributed by atoms with Gasteiger partial charge in [-0.25, -0.2) is 4.39 Å². The number of aromatic nitrogens is 3. The number of ether oxygens (including phenoxy) is 1. The van der Waals surface area contributed by atoms with Gasteiger partial charge >= 0.3 is 0 Å². The summed E-state index contributed by atoms with van der Waals surface area (Å²) in [4.78, 5) is 16.4. The fourth-order valence-corrected chi connectivity index (χ4v) is 2.89. The third-order valence-electron chi connectivity index (χ3n) is 4.28. The molecule has 1 aliphatic heterocycles. The summed E-state index contributed by atoms with van der Waals surface area (Å²) < 4.78 is 20.7. The molecular formula is C19H17FN4O2. The zero-order chi connectivity index (χ0) is 17.9. The molecule has 0 saturated heterocycles. The van der Waals surface area contributed by atoms with E-state index in [1.165, 1.54) is 12.1 Å². The van der Waals surface area contributed by atoms with Gasteiger partial charge in [0.25, 0.3) is 5.91 Å². The monoisotopic (exact) mass is 352 g/mol. The number of amides is 1. The van der Waals surface area contributed by atoms with E-state index in [0.29, 0.717) is 25.4 Å². The number of nitrogens with zero attached hydrogens (tertiary/aromatic N) is 3. The van der Waals surface area contributed by atoms with E-state index in [2.05, 4.69) is 15.4 Å². The van der Waals surface area contributed by atoms with E-state index in [0.717, 1.165) is 16.8 Å². The van der Waals surface area contributed by atoms with Crippen molar-refractivity contribution < 1.29 is 13.9 Å². The van der Waals surface area contributed by atoms with Gasteiger partial charge in [-0.3, -0.25) is 14.5 Å². The van der Waals surface area contributed by atoms with Crippen molar-refractivity contribution in [1.82, 2.24) is 20.1 Å². The maximum absolute atomic E-state index is 13.1. The molecule has 1 atom stereocenters. The van der Waals surface area contributed by atoms with Gasteiger partial charge in [-0.05, 0) is 35.4 Å². The molecule has 0 saturated carbocycles. The van der Waals surface area contributed by atoms with E-state index in [1.807, 2.05) is 12.1 Å². The number of pyridine rings is 1. The second-order valence-electron chi connectivity index (χ2n) is 6.10. The van der Waals surface area contributed by atoms with Crippen LogP contribution in [0.5, 0.6) is 0 Å². The average molecular weight is 352 g/mol. The lowest BCUT2D eigenvalue weighted by atomic mass is 10.1. The van der Waals surface area contributed by atoms with Crippen molar-refractivity contribution in [2.24, 2.45) is 0 Å². The Kier molecular flexibility index (Phi) is 4.45. The summed E-state index contributed by atoms with van der Waals surface area (Å²) in [5.74, 6) is -0.522. The number of halogens is 1. The van der Waals surface area contributed by atoms with Crippen LogP contribution in [0.4, 0.5) is 4.39 Å². The minimum Gasteiger partial charge on any atom is -0.365 e. The van der Waals surface area contributed by atoms with E-state index in [1.54, 1.807) is 35.3 Å². The molecule has 0 radical (unpaired) electrons. The number of hydrogen-bond donors (Lipinski definition) is 1.